The summed E-state index contributed by atoms with van der Waals surface area (Å²) < 4.78 is 8.43. The first-order valence-electron chi connectivity index (χ1n) is 10.1. The van der Waals surface area contributed by atoms with Crippen molar-refractivity contribution < 1.29 is 14.3 Å². The minimum absolute atomic E-state index is 0.0691. The lowest BCUT2D eigenvalue weighted by molar-refractivity contribution is -0.139. The highest BCUT2D eigenvalue weighted by molar-refractivity contribution is 7.21. The Morgan fingerprint density at radius 1 is 1.29 bits per heavy atom. The minimum atomic E-state index is -0.495. The molecule has 1 aliphatic rings. The highest BCUT2D eigenvalue weighted by Crippen LogP contribution is 2.38. The lowest BCUT2D eigenvalue weighted by Gasteiger charge is -2.33. The first-order chi connectivity index (χ1) is 14.8. The summed E-state index contributed by atoms with van der Waals surface area (Å²) in [5.74, 6) is -0.565. The summed E-state index contributed by atoms with van der Waals surface area (Å²) in [7, 11) is 0. The molecule has 0 saturated carbocycles. The van der Waals surface area contributed by atoms with E-state index in [1.807, 2.05) is 37.3 Å². The predicted octanol–water partition coefficient (Wildman–Crippen LogP) is 2.16. The van der Waals surface area contributed by atoms with E-state index in [4.69, 9.17) is 10.5 Å². The number of carbonyl (C=O) groups is 2. The Hall–Kier alpha value is -3.04. The van der Waals surface area contributed by atoms with Crippen LogP contribution in [0.3, 0.4) is 0 Å². The number of aryl methyl sites for hydroxylation is 2. The van der Waals surface area contributed by atoms with E-state index in [0.717, 1.165) is 21.3 Å². The van der Waals surface area contributed by atoms with Gasteiger partial charge in [0.15, 0.2) is 0 Å². The number of nitrogens with zero attached hydrogens (tertiary/aromatic N) is 3. The first-order valence-corrected chi connectivity index (χ1v) is 10.9. The van der Waals surface area contributed by atoms with Crippen molar-refractivity contribution in [2.75, 3.05) is 19.7 Å². The number of hydrogen-bond donors (Lipinski definition) is 1. The molecule has 8 nitrogen and oxygen atoms in total. The van der Waals surface area contributed by atoms with Gasteiger partial charge in [-0.25, -0.2) is 4.79 Å². The molecule has 1 aliphatic heterocycles. The summed E-state index contributed by atoms with van der Waals surface area (Å²) in [4.78, 5) is 43.2. The third-order valence-electron chi connectivity index (χ3n) is 5.49. The summed E-state index contributed by atoms with van der Waals surface area (Å²) in [5.41, 5.74) is 7.47. The van der Waals surface area contributed by atoms with Crippen LogP contribution in [0.15, 0.2) is 35.1 Å². The van der Waals surface area contributed by atoms with Gasteiger partial charge in [0.25, 0.3) is 5.91 Å². The van der Waals surface area contributed by atoms with E-state index in [1.54, 1.807) is 11.8 Å². The number of morpholine rings is 1. The highest BCUT2D eigenvalue weighted by Gasteiger charge is 2.30. The van der Waals surface area contributed by atoms with E-state index in [9.17, 15) is 14.4 Å². The molecule has 9 heteroatoms. The van der Waals surface area contributed by atoms with Crippen LogP contribution in [0.5, 0.6) is 0 Å². The summed E-state index contributed by atoms with van der Waals surface area (Å²) in [6, 6.07) is 9.53. The zero-order valence-electron chi connectivity index (χ0n) is 17.5. The fraction of sp³-hybridized carbons (Fsp3) is 0.364. The van der Waals surface area contributed by atoms with Crippen LogP contribution in [0.1, 0.15) is 39.1 Å². The second kappa shape index (κ2) is 8.60. The molecule has 1 fully saturated rings. The molecule has 0 radical (unpaired) electrons. The fourth-order valence-corrected chi connectivity index (χ4v) is 5.14. The molecule has 0 bridgehead atoms. The summed E-state index contributed by atoms with van der Waals surface area (Å²) in [6.45, 7) is 5.03. The molecule has 2 aromatic heterocycles. The maximum atomic E-state index is 12.9. The third-order valence-corrected chi connectivity index (χ3v) is 6.70. The Morgan fingerprint density at radius 3 is 2.81 bits per heavy atom. The standard InChI is InChI=1S/C22H24N4O4S/c1-13-11-14(2)26(22(29)24-13)8-7-18(27)25-9-10-30-16(12-25)19-15-5-3-4-6-17(15)31-20(19)21(23)28/h3-6,11,16H,7-10,12H2,1-2H3,(H2,23,28)/t16-/m1/s1. The van der Waals surface area contributed by atoms with Gasteiger partial charge in [0.1, 0.15) is 6.10 Å². The molecule has 31 heavy (non-hydrogen) atoms. The molecule has 1 atom stereocenters. The van der Waals surface area contributed by atoms with Crippen molar-refractivity contribution in [1.29, 1.82) is 0 Å². The lowest BCUT2D eigenvalue weighted by atomic mass is 10.0. The molecule has 0 aliphatic carbocycles. The highest BCUT2D eigenvalue weighted by atomic mass is 32.1. The Morgan fingerprint density at radius 2 is 2.06 bits per heavy atom. The van der Waals surface area contributed by atoms with Crippen LogP contribution < -0.4 is 11.4 Å². The van der Waals surface area contributed by atoms with Crippen molar-refractivity contribution in [1.82, 2.24) is 14.5 Å². The summed E-state index contributed by atoms with van der Waals surface area (Å²) in [6.07, 6.45) is -0.243. The molecule has 0 unspecified atom stereocenters. The van der Waals surface area contributed by atoms with E-state index in [2.05, 4.69) is 4.98 Å². The lowest BCUT2D eigenvalue weighted by Crippen LogP contribution is -2.43. The molecule has 4 rings (SSSR count). The molecular formula is C22H24N4O4S. The largest absolute Gasteiger partial charge is 0.370 e. The van der Waals surface area contributed by atoms with Crippen LogP contribution >= 0.6 is 11.3 Å². The van der Waals surface area contributed by atoms with Gasteiger partial charge in [-0.1, -0.05) is 18.2 Å². The monoisotopic (exact) mass is 440 g/mol. The average molecular weight is 441 g/mol. The van der Waals surface area contributed by atoms with Crippen LogP contribution in [0.25, 0.3) is 10.1 Å². The first kappa shape index (κ1) is 21.2. The van der Waals surface area contributed by atoms with E-state index >= 15 is 0 Å². The Bertz CT molecular complexity index is 1220. The molecule has 0 spiro atoms. The van der Waals surface area contributed by atoms with Gasteiger partial charge in [-0.05, 0) is 31.4 Å². The number of benzene rings is 1. The fourth-order valence-electron chi connectivity index (χ4n) is 4.03. The molecular weight excluding hydrogens is 416 g/mol. The number of hydrogen-bond acceptors (Lipinski definition) is 6. The smallest absolute Gasteiger partial charge is 0.347 e. The van der Waals surface area contributed by atoms with Gasteiger partial charge >= 0.3 is 5.69 Å². The zero-order chi connectivity index (χ0) is 22.1. The van der Waals surface area contributed by atoms with Crippen molar-refractivity contribution >= 4 is 33.2 Å². The van der Waals surface area contributed by atoms with Gasteiger partial charge in [-0.15, -0.1) is 11.3 Å². The van der Waals surface area contributed by atoms with Crippen molar-refractivity contribution in [3.8, 4) is 0 Å². The molecule has 1 saturated heterocycles. The second-order valence-electron chi connectivity index (χ2n) is 7.63. The number of carbonyl (C=O) groups excluding carboxylic acids is 2. The maximum absolute atomic E-state index is 12.9. The van der Waals surface area contributed by atoms with E-state index in [1.165, 1.54) is 15.9 Å². The van der Waals surface area contributed by atoms with Crippen LogP contribution in [-0.2, 0) is 16.1 Å². The summed E-state index contributed by atoms with van der Waals surface area (Å²) >= 11 is 1.34. The van der Waals surface area contributed by atoms with Crippen molar-refractivity contribution in [3.63, 3.8) is 0 Å². The van der Waals surface area contributed by atoms with Gasteiger partial charge in [-0.2, -0.15) is 4.98 Å². The predicted molar refractivity (Wildman–Crippen MR) is 118 cm³/mol. The minimum Gasteiger partial charge on any atom is -0.370 e. The average Bonchev–Trinajstić information content (AvgIpc) is 3.13. The number of rotatable bonds is 5. The van der Waals surface area contributed by atoms with E-state index in [0.29, 0.717) is 30.3 Å². The number of nitrogens with two attached hydrogens (primary N) is 1. The van der Waals surface area contributed by atoms with E-state index < -0.39 is 12.0 Å². The molecule has 162 valence electrons. The molecule has 2 amide bonds. The van der Waals surface area contributed by atoms with Crippen LogP contribution in [0.4, 0.5) is 0 Å². The van der Waals surface area contributed by atoms with Gasteiger partial charge in [0.05, 0.1) is 18.0 Å². The van der Waals surface area contributed by atoms with Crippen LogP contribution in [0.2, 0.25) is 0 Å². The normalized spacial score (nSPS) is 16.6. The number of aromatic nitrogens is 2. The van der Waals surface area contributed by atoms with Crippen LogP contribution in [0, 0.1) is 13.8 Å². The van der Waals surface area contributed by atoms with Crippen molar-refractivity contribution in [2.24, 2.45) is 5.73 Å². The number of thiophene rings is 1. The quantitative estimate of drug-likeness (QED) is 0.654. The van der Waals surface area contributed by atoms with E-state index in [-0.39, 0.29) is 24.6 Å². The molecule has 3 aromatic rings. The number of amides is 2. The van der Waals surface area contributed by atoms with Crippen molar-refractivity contribution in [2.45, 2.75) is 32.9 Å². The number of primary amides is 1. The summed E-state index contributed by atoms with van der Waals surface area (Å²) in [5, 5.41) is 0.925. The van der Waals surface area contributed by atoms with Gasteiger partial charge in [0.2, 0.25) is 5.91 Å². The Labute approximate surface area is 183 Å². The molecule has 3 heterocycles. The Kier molecular flexibility index (Phi) is 5.88. The number of fused-ring (bicyclic) bond motifs is 1. The maximum Gasteiger partial charge on any atom is 0.347 e. The third kappa shape index (κ3) is 4.24. The van der Waals surface area contributed by atoms with Gasteiger partial charge < -0.3 is 15.4 Å². The number of ether oxygens (including phenoxy) is 1. The topological polar surface area (TPSA) is 108 Å². The van der Waals surface area contributed by atoms with Crippen LogP contribution in [-0.4, -0.2) is 46.0 Å². The second-order valence-corrected chi connectivity index (χ2v) is 8.68. The SMILES string of the molecule is Cc1cc(C)n(CCC(=O)N2CCO[C@@H](c3c(C(N)=O)sc4ccccc34)C2)c(=O)n1. The van der Waals surface area contributed by atoms with Gasteiger partial charge in [-0.3, -0.25) is 14.2 Å². The van der Waals surface area contributed by atoms with Crippen molar-refractivity contribution in [3.05, 3.63) is 62.6 Å². The molecule has 2 N–H and O–H groups in total. The molecule has 1 aromatic carbocycles. The van der Waals surface area contributed by atoms with Gasteiger partial charge in [0, 0.05) is 41.2 Å². The zero-order valence-corrected chi connectivity index (χ0v) is 18.3. The Balaban J connectivity index is 1.52.